The number of fused-ring (bicyclic) bond motifs is 1. The van der Waals surface area contributed by atoms with Crippen molar-refractivity contribution >= 4 is 34.2 Å². The Balaban J connectivity index is 1.62. The van der Waals surface area contributed by atoms with Gasteiger partial charge in [-0.05, 0) is 37.3 Å². The van der Waals surface area contributed by atoms with Gasteiger partial charge in [-0.1, -0.05) is 24.2 Å². The summed E-state index contributed by atoms with van der Waals surface area (Å²) < 4.78 is 38.4. The van der Waals surface area contributed by atoms with Crippen molar-refractivity contribution in [1.29, 1.82) is 0 Å². The second-order valence-corrected chi connectivity index (χ2v) is 6.95. The number of hydrogen-bond acceptors (Lipinski definition) is 3. The lowest BCUT2D eigenvalue weighted by Crippen LogP contribution is -2.16. The van der Waals surface area contributed by atoms with Crippen LogP contribution in [-0.4, -0.2) is 15.9 Å². The van der Waals surface area contributed by atoms with Crippen molar-refractivity contribution in [3.8, 4) is 0 Å². The number of benzene rings is 1. The highest BCUT2D eigenvalue weighted by atomic mass is 35.5. The molecule has 0 radical (unpaired) electrons. The molecule has 0 spiro atoms. The molecule has 0 aliphatic heterocycles. The molecule has 0 fully saturated rings. The molecule has 2 heterocycles. The van der Waals surface area contributed by atoms with E-state index >= 15 is 0 Å². The van der Waals surface area contributed by atoms with Crippen molar-refractivity contribution in [1.82, 2.24) is 15.3 Å². The highest BCUT2D eigenvalue weighted by molar-refractivity contribution is 6.36. The van der Waals surface area contributed by atoms with E-state index in [-0.39, 0.29) is 11.3 Å². The van der Waals surface area contributed by atoms with E-state index in [1.54, 1.807) is 19.3 Å². The number of nitrogens with one attached hydrogen (secondary N) is 3. The van der Waals surface area contributed by atoms with Crippen LogP contribution in [0.3, 0.4) is 0 Å². The molecule has 2 aromatic heterocycles. The monoisotopic (exact) mass is 434 g/mol. The molecule has 3 N–H and O–H groups in total. The number of amides is 1. The summed E-state index contributed by atoms with van der Waals surface area (Å²) in [5.41, 5.74) is 1.37. The number of nitrogens with zero attached hydrogens (tertiary/aromatic N) is 1. The number of halogens is 4. The first-order valence-corrected chi connectivity index (χ1v) is 9.23. The number of aromatic amines is 1. The van der Waals surface area contributed by atoms with E-state index in [0.29, 0.717) is 22.9 Å². The number of alkyl halides is 3. The second kappa shape index (κ2) is 8.62. The van der Waals surface area contributed by atoms with Crippen molar-refractivity contribution in [2.24, 2.45) is 0 Å². The second-order valence-electron chi connectivity index (χ2n) is 6.58. The fourth-order valence-electron chi connectivity index (χ4n) is 2.74. The zero-order chi connectivity index (χ0) is 21.9. The van der Waals surface area contributed by atoms with Crippen molar-refractivity contribution < 1.29 is 18.0 Å². The Morgan fingerprint density at radius 1 is 1.33 bits per heavy atom. The predicted octanol–water partition coefficient (Wildman–Crippen LogP) is 5.42. The largest absolute Gasteiger partial charge is 0.416 e. The van der Waals surface area contributed by atoms with E-state index in [9.17, 15) is 18.0 Å². The van der Waals surface area contributed by atoms with E-state index < -0.39 is 17.6 Å². The fraction of sp³-hybridized carbons (Fsp3) is 0.143. The molecule has 1 aromatic carbocycles. The third-order valence-electron chi connectivity index (χ3n) is 4.28. The summed E-state index contributed by atoms with van der Waals surface area (Å²) in [5.74, 6) is -0.607. The van der Waals surface area contributed by atoms with Crippen LogP contribution in [-0.2, 0) is 17.5 Å². The zero-order valence-corrected chi connectivity index (χ0v) is 16.7. The lowest BCUT2D eigenvalue weighted by atomic mass is 10.1. The summed E-state index contributed by atoms with van der Waals surface area (Å²) in [7, 11) is 0. The van der Waals surface area contributed by atoms with Gasteiger partial charge in [-0.3, -0.25) is 4.79 Å². The van der Waals surface area contributed by atoms with Gasteiger partial charge in [0.1, 0.15) is 5.65 Å². The van der Waals surface area contributed by atoms with E-state index in [0.717, 1.165) is 23.1 Å². The maximum absolute atomic E-state index is 12.8. The first-order chi connectivity index (χ1) is 14.1. The van der Waals surface area contributed by atoms with E-state index in [4.69, 9.17) is 11.6 Å². The molecule has 3 rings (SSSR count). The number of pyridine rings is 1. The van der Waals surface area contributed by atoms with Crippen molar-refractivity contribution in [3.05, 3.63) is 82.8 Å². The zero-order valence-electron chi connectivity index (χ0n) is 15.9. The molecule has 0 saturated heterocycles. The van der Waals surface area contributed by atoms with Gasteiger partial charge in [0, 0.05) is 46.8 Å². The highest BCUT2D eigenvalue weighted by Gasteiger charge is 2.30. The summed E-state index contributed by atoms with van der Waals surface area (Å²) in [6.07, 6.45) is 0.409. The van der Waals surface area contributed by atoms with E-state index in [2.05, 4.69) is 27.2 Å². The van der Waals surface area contributed by atoms with Gasteiger partial charge in [-0.2, -0.15) is 13.2 Å². The van der Waals surface area contributed by atoms with Crippen LogP contribution < -0.4 is 10.6 Å². The fourth-order valence-corrected chi connectivity index (χ4v) is 3.01. The first kappa shape index (κ1) is 21.4. The summed E-state index contributed by atoms with van der Waals surface area (Å²) in [4.78, 5) is 19.5. The quantitative estimate of drug-likeness (QED) is 0.358. The van der Waals surface area contributed by atoms with Crippen LogP contribution in [0.4, 0.5) is 18.9 Å². The Morgan fingerprint density at radius 3 is 2.83 bits per heavy atom. The minimum Gasteiger partial charge on any atom is -0.384 e. The summed E-state index contributed by atoms with van der Waals surface area (Å²) >= 11 is 6.38. The molecule has 0 unspecified atom stereocenters. The minimum absolute atomic E-state index is 0.0349. The Bertz CT molecular complexity index is 1130. The maximum Gasteiger partial charge on any atom is 0.416 e. The van der Waals surface area contributed by atoms with Crippen LogP contribution >= 0.6 is 11.6 Å². The van der Waals surface area contributed by atoms with Crippen LogP contribution in [0.2, 0.25) is 5.02 Å². The molecule has 30 heavy (non-hydrogen) atoms. The van der Waals surface area contributed by atoms with E-state index in [1.165, 1.54) is 18.2 Å². The number of aromatic nitrogens is 2. The molecular weight excluding hydrogens is 417 g/mol. The number of rotatable bonds is 6. The molecule has 3 aromatic rings. The number of hydrogen-bond donors (Lipinski definition) is 3. The average molecular weight is 435 g/mol. The number of anilines is 1. The summed E-state index contributed by atoms with van der Waals surface area (Å²) in [5, 5.41) is 6.91. The van der Waals surface area contributed by atoms with Gasteiger partial charge in [0.15, 0.2) is 0 Å². The Labute approximate surface area is 175 Å². The molecule has 5 nitrogen and oxygen atoms in total. The highest BCUT2D eigenvalue weighted by Crippen LogP contribution is 2.30. The minimum atomic E-state index is -4.49. The number of carbonyl (C=O) groups is 1. The molecule has 0 aliphatic rings. The van der Waals surface area contributed by atoms with Gasteiger partial charge >= 0.3 is 6.18 Å². The van der Waals surface area contributed by atoms with Crippen LogP contribution in [0, 0.1) is 0 Å². The molecule has 1 amide bonds. The number of allylic oxidation sites excluding steroid dienone is 1. The molecule has 156 valence electrons. The van der Waals surface area contributed by atoms with Crippen LogP contribution in [0.1, 0.15) is 18.1 Å². The average Bonchev–Trinajstić information content (AvgIpc) is 3.16. The Hall–Kier alpha value is -3.26. The van der Waals surface area contributed by atoms with Gasteiger partial charge in [-0.25, -0.2) is 4.98 Å². The smallest absolute Gasteiger partial charge is 0.384 e. The molecule has 0 saturated carbocycles. The van der Waals surface area contributed by atoms with Crippen molar-refractivity contribution in [2.75, 3.05) is 5.32 Å². The SMILES string of the molecule is C=C(/C=C(\C)NCc1cnc2[nH]ccc2c1Cl)C(=O)Nc1cccc(C(F)(F)F)c1. The first-order valence-electron chi connectivity index (χ1n) is 8.85. The lowest BCUT2D eigenvalue weighted by molar-refractivity contribution is -0.137. The van der Waals surface area contributed by atoms with Crippen LogP contribution in [0.25, 0.3) is 11.0 Å². The van der Waals surface area contributed by atoms with Crippen LogP contribution in [0.15, 0.2) is 66.7 Å². The van der Waals surface area contributed by atoms with Gasteiger partial charge < -0.3 is 15.6 Å². The molecule has 0 aliphatic carbocycles. The predicted molar refractivity (Wildman–Crippen MR) is 111 cm³/mol. The molecule has 0 bridgehead atoms. The molecule has 0 atom stereocenters. The van der Waals surface area contributed by atoms with E-state index in [1.807, 2.05) is 6.07 Å². The van der Waals surface area contributed by atoms with Crippen molar-refractivity contribution in [2.45, 2.75) is 19.6 Å². The number of carbonyl (C=O) groups excluding carboxylic acids is 1. The number of H-pyrrole nitrogens is 1. The molecular formula is C21H18ClF3N4O. The maximum atomic E-state index is 12.8. The van der Waals surface area contributed by atoms with Crippen LogP contribution in [0.5, 0.6) is 0 Å². The normalized spacial score (nSPS) is 12.1. The lowest BCUT2D eigenvalue weighted by Gasteiger charge is -2.11. The Morgan fingerprint density at radius 2 is 2.10 bits per heavy atom. The van der Waals surface area contributed by atoms with Gasteiger partial charge in [-0.15, -0.1) is 0 Å². The third-order valence-corrected chi connectivity index (χ3v) is 4.73. The van der Waals surface area contributed by atoms with Gasteiger partial charge in [0.2, 0.25) is 0 Å². The molecule has 9 heteroatoms. The van der Waals surface area contributed by atoms with Gasteiger partial charge in [0.25, 0.3) is 5.91 Å². The summed E-state index contributed by atoms with van der Waals surface area (Å²) in [6, 6.07) is 6.23. The Kier molecular flexibility index (Phi) is 6.17. The third kappa shape index (κ3) is 5.01. The van der Waals surface area contributed by atoms with Crippen molar-refractivity contribution in [3.63, 3.8) is 0 Å². The summed E-state index contributed by atoms with van der Waals surface area (Å²) in [6.45, 7) is 5.78. The van der Waals surface area contributed by atoms with Gasteiger partial charge in [0.05, 0.1) is 10.6 Å². The standard InChI is InChI=1S/C21H18ClF3N4O/c1-12(20(30)29-16-5-3-4-15(9-16)21(23,24)25)8-13(2)27-10-14-11-28-19-17(18(14)22)6-7-26-19/h3-9,11,27H,1,10H2,2H3,(H,26,28)(H,29,30)/b13-8+. The topological polar surface area (TPSA) is 69.8 Å².